The van der Waals surface area contributed by atoms with Gasteiger partial charge in [0.1, 0.15) is 6.10 Å². The molecule has 2 bridgehead atoms. The van der Waals surface area contributed by atoms with Crippen LogP contribution in [0.25, 0.3) is 0 Å². The van der Waals surface area contributed by atoms with E-state index in [1.807, 2.05) is 6.92 Å². The molecule has 0 aromatic carbocycles. The Morgan fingerprint density at radius 2 is 1.44 bits per heavy atom. The molecule has 3 saturated carbocycles. The van der Waals surface area contributed by atoms with E-state index in [2.05, 4.69) is 0 Å². The van der Waals surface area contributed by atoms with E-state index in [1.54, 1.807) is 27.7 Å². The lowest BCUT2D eigenvalue weighted by Gasteiger charge is -2.40. The Balaban J connectivity index is 1.77. The van der Waals surface area contributed by atoms with Crippen molar-refractivity contribution >= 4 is 17.9 Å². The average Bonchev–Trinajstić information content (AvgIpc) is 3.43. The van der Waals surface area contributed by atoms with Gasteiger partial charge in [0.2, 0.25) is 0 Å². The van der Waals surface area contributed by atoms with E-state index in [-0.39, 0.29) is 36.8 Å². The Hall–Kier alpha value is -1.67. The van der Waals surface area contributed by atoms with Crippen molar-refractivity contribution in [1.29, 1.82) is 0 Å². The standard InChI is InChI=1S/C26H42O8/c1-8-25(4,13-26(5,22(30)33-7)12-24(2,3)21(29)32-6)23(31)34-18-10-14-9-16(18)19-15(14)11-17(27)20(19)28/h14-20,27-28H,8-13H2,1-7H3. The third-order valence-corrected chi connectivity index (χ3v) is 9.04. The van der Waals surface area contributed by atoms with Crippen LogP contribution in [0.3, 0.4) is 0 Å². The van der Waals surface area contributed by atoms with Crippen LogP contribution in [0.2, 0.25) is 0 Å². The maximum atomic E-state index is 13.5. The molecular formula is C26H42O8. The van der Waals surface area contributed by atoms with Crippen molar-refractivity contribution in [2.24, 2.45) is 39.9 Å². The summed E-state index contributed by atoms with van der Waals surface area (Å²) in [6.07, 6.45) is 1.30. The van der Waals surface area contributed by atoms with Gasteiger partial charge in [-0.25, -0.2) is 0 Å². The molecule has 0 aliphatic heterocycles. The summed E-state index contributed by atoms with van der Waals surface area (Å²) in [5.74, 6) is -0.611. The second-order valence-corrected chi connectivity index (χ2v) is 12.1. The highest BCUT2D eigenvalue weighted by Gasteiger charge is 2.61. The summed E-state index contributed by atoms with van der Waals surface area (Å²) in [4.78, 5) is 38.8. The maximum absolute atomic E-state index is 13.5. The van der Waals surface area contributed by atoms with Crippen molar-refractivity contribution in [1.82, 2.24) is 0 Å². The molecule has 8 nitrogen and oxygen atoms in total. The minimum Gasteiger partial charge on any atom is -0.469 e. The van der Waals surface area contributed by atoms with Crippen molar-refractivity contribution in [2.45, 2.75) is 91.5 Å². The van der Waals surface area contributed by atoms with Gasteiger partial charge in [-0.15, -0.1) is 0 Å². The van der Waals surface area contributed by atoms with E-state index in [0.717, 1.165) is 12.8 Å². The number of fused-ring (bicyclic) bond motifs is 5. The van der Waals surface area contributed by atoms with Crippen molar-refractivity contribution in [3.05, 3.63) is 0 Å². The van der Waals surface area contributed by atoms with Crippen LogP contribution < -0.4 is 0 Å². The van der Waals surface area contributed by atoms with E-state index in [4.69, 9.17) is 14.2 Å². The number of methoxy groups -OCH3 is 2. The zero-order valence-electron chi connectivity index (χ0n) is 21.6. The van der Waals surface area contributed by atoms with E-state index in [0.29, 0.717) is 24.7 Å². The summed E-state index contributed by atoms with van der Waals surface area (Å²) < 4.78 is 16.1. The van der Waals surface area contributed by atoms with E-state index in [9.17, 15) is 24.6 Å². The zero-order chi connectivity index (χ0) is 25.6. The van der Waals surface area contributed by atoms with Gasteiger partial charge in [0.25, 0.3) is 0 Å². The summed E-state index contributed by atoms with van der Waals surface area (Å²) in [6.45, 7) is 8.84. The van der Waals surface area contributed by atoms with Gasteiger partial charge in [-0.05, 0) is 84.0 Å². The highest BCUT2D eigenvalue weighted by atomic mass is 16.5. The molecule has 3 aliphatic carbocycles. The van der Waals surface area contributed by atoms with Crippen LogP contribution in [-0.2, 0) is 28.6 Å². The monoisotopic (exact) mass is 482 g/mol. The quantitative estimate of drug-likeness (QED) is 0.380. The molecule has 194 valence electrons. The molecule has 3 rings (SSSR count). The van der Waals surface area contributed by atoms with Crippen LogP contribution in [0.4, 0.5) is 0 Å². The highest BCUT2D eigenvalue weighted by Crippen LogP contribution is 2.60. The first-order valence-corrected chi connectivity index (χ1v) is 12.5. The zero-order valence-corrected chi connectivity index (χ0v) is 21.6. The second kappa shape index (κ2) is 9.41. The molecule has 9 atom stereocenters. The topological polar surface area (TPSA) is 119 Å². The van der Waals surface area contributed by atoms with Crippen molar-refractivity contribution in [2.75, 3.05) is 14.2 Å². The Kier molecular flexibility index (Phi) is 7.46. The summed E-state index contributed by atoms with van der Waals surface area (Å²) >= 11 is 0. The third-order valence-electron chi connectivity index (χ3n) is 9.04. The number of carbonyl (C=O) groups excluding carboxylic acids is 3. The Morgan fingerprint density at radius 1 is 0.824 bits per heavy atom. The highest BCUT2D eigenvalue weighted by molar-refractivity contribution is 5.82. The molecule has 3 aliphatic rings. The Morgan fingerprint density at radius 3 is 2.00 bits per heavy atom. The molecule has 9 unspecified atom stereocenters. The normalized spacial score (nSPS) is 35.7. The van der Waals surface area contributed by atoms with Crippen LogP contribution in [0.5, 0.6) is 0 Å². The average molecular weight is 483 g/mol. The number of esters is 3. The number of ether oxygens (including phenoxy) is 3. The lowest BCUT2D eigenvalue weighted by molar-refractivity contribution is -0.172. The molecule has 0 radical (unpaired) electrons. The SMILES string of the molecule is CCC(C)(CC(C)(CC(C)(C)C(=O)OC)C(=O)OC)C(=O)OC1CC2CC1C1C(O)C(O)CC21. The van der Waals surface area contributed by atoms with Gasteiger partial charge in [-0.3, -0.25) is 14.4 Å². The lowest BCUT2D eigenvalue weighted by Crippen LogP contribution is -2.45. The van der Waals surface area contributed by atoms with Gasteiger partial charge < -0.3 is 24.4 Å². The first kappa shape index (κ1) is 26.9. The second-order valence-electron chi connectivity index (χ2n) is 12.1. The molecule has 0 spiro atoms. The number of aliphatic hydroxyl groups is 2. The Bertz CT molecular complexity index is 809. The molecule has 0 heterocycles. The summed E-state index contributed by atoms with van der Waals surface area (Å²) in [7, 11) is 2.62. The number of hydrogen-bond acceptors (Lipinski definition) is 8. The minimum absolute atomic E-state index is 0.0272. The fourth-order valence-electron chi connectivity index (χ4n) is 7.38. The van der Waals surface area contributed by atoms with Crippen LogP contribution >= 0.6 is 0 Å². The van der Waals surface area contributed by atoms with Crippen LogP contribution in [-0.4, -0.2) is 60.7 Å². The summed E-state index contributed by atoms with van der Waals surface area (Å²) in [5, 5.41) is 20.6. The van der Waals surface area contributed by atoms with Crippen molar-refractivity contribution < 1.29 is 38.8 Å². The molecule has 0 amide bonds. The summed E-state index contributed by atoms with van der Waals surface area (Å²) in [6, 6.07) is 0. The molecule has 0 saturated heterocycles. The van der Waals surface area contributed by atoms with E-state index < -0.39 is 40.4 Å². The van der Waals surface area contributed by atoms with Gasteiger partial charge in [0, 0.05) is 5.92 Å². The number of rotatable bonds is 9. The summed E-state index contributed by atoms with van der Waals surface area (Å²) in [5.41, 5.74) is -3.03. The van der Waals surface area contributed by atoms with Gasteiger partial charge in [-0.1, -0.05) is 6.92 Å². The van der Waals surface area contributed by atoms with Gasteiger partial charge in [0.15, 0.2) is 0 Å². The third kappa shape index (κ3) is 4.60. The molecule has 3 fully saturated rings. The van der Waals surface area contributed by atoms with Crippen LogP contribution in [0.15, 0.2) is 0 Å². The Labute approximate surface area is 202 Å². The predicted molar refractivity (Wildman–Crippen MR) is 123 cm³/mol. The fraction of sp³-hybridized carbons (Fsp3) is 0.885. The van der Waals surface area contributed by atoms with Crippen molar-refractivity contribution in [3.63, 3.8) is 0 Å². The predicted octanol–water partition coefficient (Wildman–Crippen LogP) is 2.87. The molecule has 0 aromatic heterocycles. The maximum Gasteiger partial charge on any atom is 0.312 e. The van der Waals surface area contributed by atoms with Crippen LogP contribution in [0.1, 0.15) is 73.1 Å². The molecule has 34 heavy (non-hydrogen) atoms. The number of carbonyl (C=O) groups is 3. The first-order valence-electron chi connectivity index (χ1n) is 12.5. The van der Waals surface area contributed by atoms with E-state index >= 15 is 0 Å². The molecular weight excluding hydrogens is 440 g/mol. The largest absolute Gasteiger partial charge is 0.469 e. The van der Waals surface area contributed by atoms with Crippen molar-refractivity contribution in [3.8, 4) is 0 Å². The molecule has 0 aromatic rings. The minimum atomic E-state index is -1.11. The smallest absolute Gasteiger partial charge is 0.312 e. The number of aliphatic hydroxyl groups excluding tert-OH is 2. The molecule has 8 heteroatoms. The lowest BCUT2D eigenvalue weighted by atomic mass is 9.65. The van der Waals surface area contributed by atoms with Gasteiger partial charge in [-0.2, -0.15) is 0 Å². The van der Waals surface area contributed by atoms with Gasteiger partial charge >= 0.3 is 17.9 Å². The van der Waals surface area contributed by atoms with E-state index in [1.165, 1.54) is 14.2 Å². The molecule has 2 N–H and O–H groups in total. The van der Waals surface area contributed by atoms with Gasteiger partial charge in [0.05, 0.1) is 42.7 Å². The van der Waals surface area contributed by atoms with Crippen LogP contribution in [0, 0.1) is 39.9 Å². The first-order chi connectivity index (χ1) is 15.7. The fourth-order valence-corrected chi connectivity index (χ4v) is 7.38. The number of hydrogen-bond donors (Lipinski definition) is 2.